The van der Waals surface area contributed by atoms with Gasteiger partial charge in [-0.15, -0.1) is 0 Å². The molecule has 1 heterocycles. The molecule has 0 aromatic heterocycles. The number of hydrogen-bond donors (Lipinski definition) is 2. The average Bonchev–Trinajstić information content (AvgIpc) is 2.84. The van der Waals surface area contributed by atoms with Crippen LogP contribution >= 0.6 is 0 Å². The van der Waals surface area contributed by atoms with Crippen molar-refractivity contribution in [3.63, 3.8) is 0 Å². The van der Waals surface area contributed by atoms with Crippen LogP contribution in [0.1, 0.15) is 33.1 Å². The van der Waals surface area contributed by atoms with Crippen LogP contribution in [0.5, 0.6) is 0 Å². The zero-order valence-corrected chi connectivity index (χ0v) is 12.3. The minimum absolute atomic E-state index is 0.0301. The molecule has 0 radical (unpaired) electrons. The summed E-state index contributed by atoms with van der Waals surface area (Å²) in [4.78, 5) is 26.5. The number of hydrogen-bond acceptors (Lipinski definition) is 4. The molecule has 2 fully saturated rings. The summed E-state index contributed by atoms with van der Waals surface area (Å²) in [5.74, 6) is -0.0991. The third-order valence-electron chi connectivity index (χ3n) is 3.97. The van der Waals surface area contributed by atoms with Gasteiger partial charge in [0.25, 0.3) is 0 Å². The largest absolute Gasteiger partial charge is 0.377 e. The molecule has 1 saturated carbocycles. The van der Waals surface area contributed by atoms with Crippen molar-refractivity contribution in [3.8, 4) is 0 Å². The predicted octanol–water partition coefficient (Wildman–Crippen LogP) is -0.134. The van der Waals surface area contributed by atoms with Gasteiger partial charge in [-0.3, -0.25) is 9.59 Å². The van der Waals surface area contributed by atoms with Crippen molar-refractivity contribution in [1.29, 1.82) is 0 Å². The summed E-state index contributed by atoms with van der Waals surface area (Å²) in [7, 11) is 0. The van der Waals surface area contributed by atoms with Gasteiger partial charge in [-0.1, -0.05) is 0 Å². The SMILES string of the molecule is CC(C)NC(=O)C1COCCN1C(=O)C1CCC(N)C1. The lowest BCUT2D eigenvalue weighted by Gasteiger charge is -2.36. The van der Waals surface area contributed by atoms with Crippen molar-refractivity contribution in [2.75, 3.05) is 19.8 Å². The van der Waals surface area contributed by atoms with Gasteiger partial charge >= 0.3 is 0 Å². The highest BCUT2D eigenvalue weighted by Crippen LogP contribution is 2.27. The topological polar surface area (TPSA) is 84.7 Å². The van der Waals surface area contributed by atoms with Crippen LogP contribution in [0.4, 0.5) is 0 Å². The first-order valence-corrected chi connectivity index (χ1v) is 7.43. The number of nitrogens with two attached hydrogens (primary N) is 1. The third kappa shape index (κ3) is 3.49. The van der Waals surface area contributed by atoms with E-state index < -0.39 is 6.04 Å². The predicted molar refractivity (Wildman–Crippen MR) is 74.9 cm³/mol. The number of nitrogens with zero attached hydrogens (tertiary/aromatic N) is 1. The maximum absolute atomic E-state index is 12.6. The van der Waals surface area contributed by atoms with Crippen molar-refractivity contribution in [1.82, 2.24) is 10.2 Å². The second kappa shape index (κ2) is 6.54. The lowest BCUT2D eigenvalue weighted by molar-refractivity contribution is -0.151. The Hall–Kier alpha value is -1.14. The Morgan fingerprint density at radius 2 is 2.10 bits per heavy atom. The van der Waals surface area contributed by atoms with E-state index in [-0.39, 0.29) is 36.4 Å². The number of morpholine rings is 1. The zero-order valence-electron chi connectivity index (χ0n) is 12.3. The second-order valence-corrected chi connectivity index (χ2v) is 6.06. The molecule has 114 valence electrons. The van der Waals surface area contributed by atoms with E-state index in [0.717, 1.165) is 19.3 Å². The van der Waals surface area contributed by atoms with E-state index in [0.29, 0.717) is 13.2 Å². The van der Waals surface area contributed by atoms with Crippen LogP contribution in [-0.2, 0) is 14.3 Å². The monoisotopic (exact) mass is 283 g/mol. The number of nitrogens with one attached hydrogen (secondary N) is 1. The molecule has 0 spiro atoms. The molecule has 6 heteroatoms. The first kappa shape index (κ1) is 15.3. The molecule has 0 bridgehead atoms. The van der Waals surface area contributed by atoms with Crippen LogP contribution < -0.4 is 11.1 Å². The summed E-state index contributed by atoms with van der Waals surface area (Å²) in [6.45, 7) is 5.08. The normalized spacial score (nSPS) is 30.6. The zero-order chi connectivity index (χ0) is 14.7. The van der Waals surface area contributed by atoms with Gasteiger partial charge in [-0.25, -0.2) is 0 Å². The van der Waals surface area contributed by atoms with Crippen LogP contribution in [0.15, 0.2) is 0 Å². The van der Waals surface area contributed by atoms with E-state index in [9.17, 15) is 9.59 Å². The summed E-state index contributed by atoms with van der Waals surface area (Å²) in [6, 6.07) is -0.329. The number of ether oxygens (including phenoxy) is 1. The van der Waals surface area contributed by atoms with E-state index in [4.69, 9.17) is 10.5 Å². The van der Waals surface area contributed by atoms with Gasteiger partial charge in [0.1, 0.15) is 6.04 Å². The number of carbonyl (C=O) groups is 2. The Labute approximate surface area is 120 Å². The molecule has 1 aliphatic carbocycles. The minimum Gasteiger partial charge on any atom is -0.377 e. The molecule has 2 amide bonds. The molecule has 20 heavy (non-hydrogen) atoms. The Morgan fingerprint density at radius 3 is 2.70 bits per heavy atom. The van der Waals surface area contributed by atoms with Crippen LogP contribution in [0, 0.1) is 5.92 Å². The van der Waals surface area contributed by atoms with Crippen LogP contribution in [0.25, 0.3) is 0 Å². The van der Waals surface area contributed by atoms with Crippen molar-refractivity contribution in [2.45, 2.75) is 51.2 Å². The van der Waals surface area contributed by atoms with Gasteiger partial charge < -0.3 is 20.7 Å². The number of amides is 2. The van der Waals surface area contributed by atoms with E-state index in [1.54, 1.807) is 4.90 Å². The maximum atomic E-state index is 12.6. The van der Waals surface area contributed by atoms with E-state index in [2.05, 4.69) is 5.32 Å². The van der Waals surface area contributed by atoms with Crippen LogP contribution in [0.2, 0.25) is 0 Å². The molecule has 3 unspecified atom stereocenters. The lowest BCUT2D eigenvalue weighted by atomic mass is 10.0. The summed E-state index contributed by atoms with van der Waals surface area (Å²) >= 11 is 0. The minimum atomic E-state index is -0.504. The number of carbonyl (C=O) groups excluding carboxylic acids is 2. The van der Waals surface area contributed by atoms with Crippen LogP contribution in [-0.4, -0.2) is 54.6 Å². The Bertz CT molecular complexity index is 373. The molecular formula is C14H25N3O3. The fourth-order valence-electron chi connectivity index (χ4n) is 2.94. The van der Waals surface area contributed by atoms with Crippen molar-refractivity contribution in [2.24, 2.45) is 11.7 Å². The highest BCUT2D eigenvalue weighted by molar-refractivity contribution is 5.89. The molecule has 0 aromatic carbocycles. The summed E-state index contributed by atoms with van der Waals surface area (Å²) in [6.07, 6.45) is 2.45. The second-order valence-electron chi connectivity index (χ2n) is 6.06. The number of rotatable bonds is 3. The van der Waals surface area contributed by atoms with Gasteiger partial charge in [-0.2, -0.15) is 0 Å². The van der Waals surface area contributed by atoms with E-state index in [1.165, 1.54) is 0 Å². The quantitative estimate of drug-likeness (QED) is 0.755. The molecule has 2 aliphatic rings. The molecular weight excluding hydrogens is 258 g/mol. The molecule has 2 rings (SSSR count). The van der Waals surface area contributed by atoms with Gasteiger partial charge in [0, 0.05) is 24.5 Å². The Morgan fingerprint density at radius 1 is 1.35 bits per heavy atom. The Kier molecular flexibility index (Phi) is 4.99. The summed E-state index contributed by atoms with van der Waals surface area (Å²) in [5, 5.41) is 2.86. The third-order valence-corrected chi connectivity index (χ3v) is 3.97. The molecule has 6 nitrogen and oxygen atoms in total. The average molecular weight is 283 g/mol. The maximum Gasteiger partial charge on any atom is 0.245 e. The molecule has 3 N–H and O–H groups in total. The smallest absolute Gasteiger partial charge is 0.245 e. The fraction of sp³-hybridized carbons (Fsp3) is 0.857. The van der Waals surface area contributed by atoms with E-state index in [1.807, 2.05) is 13.8 Å². The first-order valence-electron chi connectivity index (χ1n) is 7.43. The van der Waals surface area contributed by atoms with Gasteiger partial charge in [0.15, 0.2) is 0 Å². The summed E-state index contributed by atoms with van der Waals surface area (Å²) < 4.78 is 5.37. The molecule has 0 aromatic rings. The summed E-state index contributed by atoms with van der Waals surface area (Å²) in [5.41, 5.74) is 5.88. The molecule has 3 atom stereocenters. The first-order chi connectivity index (χ1) is 9.49. The van der Waals surface area contributed by atoms with Crippen LogP contribution in [0.3, 0.4) is 0 Å². The van der Waals surface area contributed by atoms with Gasteiger partial charge in [0.05, 0.1) is 13.2 Å². The molecule has 1 saturated heterocycles. The van der Waals surface area contributed by atoms with Crippen molar-refractivity contribution >= 4 is 11.8 Å². The standard InChI is InChI=1S/C14H25N3O3/c1-9(2)16-13(18)12-8-20-6-5-17(12)14(19)10-3-4-11(15)7-10/h9-12H,3-8,15H2,1-2H3,(H,16,18). The highest BCUT2D eigenvalue weighted by atomic mass is 16.5. The highest BCUT2D eigenvalue weighted by Gasteiger charge is 2.38. The van der Waals surface area contributed by atoms with Crippen molar-refractivity contribution in [3.05, 3.63) is 0 Å². The fourth-order valence-corrected chi connectivity index (χ4v) is 2.94. The van der Waals surface area contributed by atoms with Gasteiger partial charge in [-0.05, 0) is 33.1 Å². The lowest BCUT2D eigenvalue weighted by Crippen LogP contribution is -2.57. The van der Waals surface area contributed by atoms with E-state index >= 15 is 0 Å². The Balaban J connectivity index is 2.02. The van der Waals surface area contributed by atoms with Crippen molar-refractivity contribution < 1.29 is 14.3 Å². The molecule has 1 aliphatic heterocycles. The van der Waals surface area contributed by atoms with Gasteiger partial charge in [0.2, 0.25) is 11.8 Å².